The number of ether oxygens (including phenoxy) is 1. The van der Waals surface area contributed by atoms with Crippen LogP contribution in [0.25, 0.3) is 0 Å². The zero-order valence-electron chi connectivity index (χ0n) is 13.9. The summed E-state index contributed by atoms with van der Waals surface area (Å²) in [4.78, 5) is 24.2. The second kappa shape index (κ2) is 7.97. The van der Waals surface area contributed by atoms with Crippen molar-refractivity contribution in [1.82, 2.24) is 0 Å². The SMILES string of the molecule is CC(C)c1ccc(C(=O)O[C@H](C)C(=O)Nc2cccc(Cl)c2)cc1. The Bertz CT molecular complexity index is 726. The summed E-state index contributed by atoms with van der Waals surface area (Å²) in [5.41, 5.74) is 2.11. The summed E-state index contributed by atoms with van der Waals surface area (Å²) in [5.74, 6) is -0.555. The Morgan fingerprint density at radius 2 is 1.71 bits per heavy atom. The summed E-state index contributed by atoms with van der Waals surface area (Å²) in [6, 6.07) is 14.0. The van der Waals surface area contributed by atoms with E-state index in [0.29, 0.717) is 22.2 Å². The van der Waals surface area contributed by atoms with Crippen molar-refractivity contribution in [1.29, 1.82) is 0 Å². The van der Waals surface area contributed by atoms with Crippen LogP contribution in [0.4, 0.5) is 5.69 Å². The van der Waals surface area contributed by atoms with Gasteiger partial charge in [-0.25, -0.2) is 4.79 Å². The number of rotatable bonds is 5. The summed E-state index contributed by atoms with van der Waals surface area (Å²) in [5, 5.41) is 3.18. The molecular weight excluding hydrogens is 326 g/mol. The molecule has 0 heterocycles. The molecule has 0 bridgehead atoms. The van der Waals surface area contributed by atoms with Crippen molar-refractivity contribution < 1.29 is 14.3 Å². The van der Waals surface area contributed by atoms with Gasteiger partial charge >= 0.3 is 5.97 Å². The number of anilines is 1. The van der Waals surface area contributed by atoms with Gasteiger partial charge in [0.25, 0.3) is 5.91 Å². The van der Waals surface area contributed by atoms with Crippen LogP contribution >= 0.6 is 11.6 Å². The molecule has 1 atom stereocenters. The van der Waals surface area contributed by atoms with E-state index >= 15 is 0 Å². The highest BCUT2D eigenvalue weighted by atomic mass is 35.5. The van der Waals surface area contributed by atoms with Gasteiger partial charge in [0.05, 0.1) is 5.56 Å². The van der Waals surface area contributed by atoms with Crippen molar-refractivity contribution in [2.75, 3.05) is 5.32 Å². The largest absolute Gasteiger partial charge is 0.449 e. The molecule has 1 N–H and O–H groups in total. The molecule has 4 nitrogen and oxygen atoms in total. The van der Waals surface area contributed by atoms with Gasteiger partial charge in [0.2, 0.25) is 0 Å². The minimum absolute atomic E-state index is 0.387. The molecule has 0 spiro atoms. The summed E-state index contributed by atoms with van der Waals surface area (Å²) >= 11 is 5.87. The lowest BCUT2D eigenvalue weighted by Gasteiger charge is -2.14. The third kappa shape index (κ3) is 4.83. The number of hydrogen-bond donors (Lipinski definition) is 1. The fourth-order valence-corrected chi connectivity index (χ4v) is 2.29. The molecule has 5 heteroatoms. The molecule has 0 saturated heterocycles. The summed E-state index contributed by atoms with van der Waals surface area (Å²) in [6.45, 7) is 5.69. The van der Waals surface area contributed by atoms with Gasteiger partial charge in [-0.05, 0) is 48.7 Å². The number of halogens is 1. The van der Waals surface area contributed by atoms with Crippen LogP contribution in [0.1, 0.15) is 42.6 Å². The van der Waals surface area contributed by atoms with Crippen LogP contribution in [0.2, 0.25) is 5.02 Å². The fraction of sp³-hybridized carbons (Fsp3) is 0.263. The predicted molar refractivity (Wildman–Crippen MR) is 95.5 cm³/mol. The van der Waals surface area contributed by atoms with Crippen molar-refractivity contribution >= 4 is 29.2 Å². The number of benzene rings is 2. The van der Waals surface area contributed by atoms with E-state index in [1.165, 1.54) is 6.92 Å². The molecule has 0 fully saturated rings. The summed E-state index contributed by atoms with van der Waals surface area (Å²) < 4.78 is 5.22. The fourth-order valence-electron chi connectivity index (χ4n) is 2.10. The lowest BCUT2D eigenvalue weighted by Crippen LogP contribution is -2.30. The first-order valence-electron chi connectivity index (χ1n) is 7.74. The minimum atomic E-state index is -0.916. The zero-order chi connectivity index (χ0) is 17.7. The molecule has 0 aliphatic carbocycles. The third-order valence-electron chi connectivity index (χ3n) is 3.56. The highest BCUT2D eigenvalue weighted by Gasteiger charge is 2.19. The van der Waals surface area contributed by atoms with E-state index in [1.54, 1.807) is 36.4 Å². The zero-order valence-corrected chi connectivity index (χ0v) is 14.6. The minimum Gasteiger partial charge on any atom is -0.449 e. The molecule has 24 heavy (non-hydrogen) atoms. The standard InChI is InChI=1S/C19H20ClNO3/c1-12(2)14-7-9-15(10-8-14)19(23)24-13(3)18(22)21-17-6-4-5-16(20)11-17/h4-13H,1-3H3,(H,21,22)/t13-/m1/s1. The van der Waals surface area contributed by atoms with Crippen LogP contribution in [0.3, 0.4) is 0 Å². The molecule has 2 rings (SSSR count). The van der Waals surface area contributed by atoms with Gasteiger partial charge in [0.15, 0.2) is 6.10 Å². The van der Waals surface area contributed by atoms with Crippen LogP contribution in [0, 0.1) is 0 Å². The molecule has 1 amide bonds. The number of carbonyl (C=O) groups excluding carboxylic acids is 2. The van der Waals surface area contributed by atoms with Crippen LogP contribution in [0.5, 0.6) is 0 Å². The van der Waals surface area contributed by atoms with Crippen LogP contribution < -0.4 is 5.32 Å². The molecule has 0 unspecified atom stereocenters. The number of hydrogen-bond acceptors (Lipinski definition) is 3. The van der Waals surface area contributed by atoms with Crippen molar-refractivity contribution in [2.45, 2.75) is 32.8 Å². The van der Waals surface area contributed by atoms with Crippen molar-refractivity contribution in [3.63, 3.8) is 0 Å². The van der Waals surface area contributed by atoms with Gasteiger partial charge < -0.3 is 10.1 Å². The maximum Gasteiger partial charge on any atom is 0.338 e. The van der Waals surface area contributed by atoms with E-state index < -0.39 is 18.0 Å². The Hall–Kier alpha value is -2.33. The maximum absolute atomic E-state index is 12.1. The average molecular weight is 346 g/mol. The lowest BCUT2D eigenvalue weighted by molar-refractivity contribution is -0.123. The van der Waals surface area contributed by atoms with E-state index in [2.05, 4.69) is 19.2 Å². The van der Waals surface area contributed by atoms with Crippen molar-refractivity contribution in [3.8, 4) is 0 Å². The Labute approximate surface area is 146 Å². The van der Waals surface area contributed by atoms with Crippen molar-refractivity contribution in [2.24, 2.45) is 0 Å². The molecule has 0 aromatic heterocycles. The van der Waals surface area contributed by atoms with E-state index in [1.807, 2.05) is 12.1 Å². The Morgan fingerprint density at radius 1 is 1.04 bits per heavy atom. The normalized spacial score (nSPS) is 11.9. The highest BCUT2D eigenvalue weighted by Crippen LogP contribution is 2.17. The molecule has 0 aliphatic heterocycles. The van der Waals surface area contributed by atoms with Gasteiger partial charge in [0, 0.05) is 10.7 Å². The van der Waals surface area contributed by atoms with Gasteiger partial charge in [-0.1, -0.05) is 43.6 Å². The predicted octanol–water partition coefficient (Wildman–Crippen LogP) is 4.65. The second-order valence-corrected chi connectivity index (χ2v) is 6.26. The monoisotopic (exact) mass is 345 g/mol. The summed E-state index contributed by atoms with van der Waals surface area (Å²) in [7, 11) is 0. The number of amides is 1. The van der Waals surface area contributed by atoms with Gasteiger partial charge in [-0.2, -0.15) is 0 Å². The quantitative estimate of drug-likeness (QED) is 0.802. The van der Waals surface area contributed by atoms with Crippen LogP contribution in [-0.4, -0.2) is 18.0 Å². The number of esters is 1. The van der Waals surface area contributed by atoms with E-state index in [4.69, 9.17) is 16.3 Å². The molecule has 126 valence electrons. The average Bonchev–Trinajstić information content (AvgIpc) is 2.54. The first kappa shape index (κ1) is 18.0. The smallest absolute Gasteiger partial charge is 0.338 e. The van der Waals surface area contributed by atoms with Gasteiger partial charge in [-0.15, -0.1) is 0 Å². The molecule has 2 aromatic carbocycles. The molecule has 0 aliphatic rings. The second-order valence-electron chi connectivity index (χ2n) is 5.82. The van der Waals surface area contributed by atoms with Crippen LogP contribution in [0.15, 0.2) is 48.5 Å². The van der Waals surface area contributed by atoms with E-state index in [9.17, 15) is 9.59 Å². The van der Waals surface area contributed by atoms with E-state index in [0.717, 1.165) is 5.56 Å². The molecule has 2 aromatic rings. The molecule has 0 radical (unpaired) electrons. The first-order valence-corrected chi connectivity index (χ1v) is 8.12. The Morgan fingerprint density at radius 3 is 2.29 bits per heavy atom. The summed E-state index contributed by atoms with van der Waals surface area (Å²) in [6.07, 6.45) is -0.916. The first-order chi connectivity index (χ1) is 11.4. The Balaban J connectivity index is 1.96. The van der Waals surface area contributed by atoms with Gasteiger partial charge in [0.1, 0.15) is 0 Å². The molecular formula is C19H20ClNO3. The number of nitrogens with one attached hydrogen (secondary N) is 1. The van der Waals surface area contributed by atoms with Gasteiger partial charge in [-0.3, -0.25) is 4.79 Å². The Kier molecular flexibility index (Phi) is 5.99. The third-order valence-corrected chi connectivity index (χ3v) is 3.79. The topological polar surface area (TPSA) is 55.4 Å². The van der Waals surface area contributed by atoms with Crippen molar-refractivity contribution in [3.05, 3.63) is 64.7 Å². The maximum atomic E-state index is 12.1. The number of carbonyl (C=O) groups is 2. The molecule has 0 saturated carbocycles. The van der Waals surface area contributed by atoms with Crippen LogP contribution in [-0.2, 0) is 9.53 Å². The van der Waals surface area contributed by atoms with E-state index in [-0.39, 0.29) is 0 Å². The highest BCUT2D eigenvalue weighted by molar-refractivity contribution is 6.30. The lowest BCUT2D eigenvalue weighted by atomic mass is 10.0.